The first kappa shape index (κ1) is 60.0. The summed E-state index contributed by atoms with van der Waals surface area (Å²) in [7, 11) is -4.78. The molecule has 24 heteroatoms. The van der Waals surface area contributed by atoms with Crippen LogP contribution in [0, 0.1) is 11.8 Å². The number of benzene rings is 2. The molecule has 74 heavy (non-hydrogen) atoms. The Hall–Kier alpha value is -4.91. The van der Waals surface area contributed by atoms with Gasteiger partial charge in [0.05, 0.1) is 130 Å². The van der Waals surface area contributed by atoms with Crippen LogP contribution in [0.25, 0.3) is 0 Å². The van der Waals surface area contributed by atoms with Gasteiger partial charge in [-0.1, -0.05) is 48.6 Å². The third-order valence-corrected chi connectivity index (χ3v) is 14.3. The number of hydrogen-bond donors (Lipinski definition) is 6. The summed E-state index contributed by atoms with van der Waals surface area (Å²) in [5.74, 6) is 5.48. The van der Waals surface area contributed by atoms with Crippen molar-refractivity contribution >= 4 is 57.2 Å². The van der Waals surface area contributed by atoms with Crippen molar-refractivity contribution < 1.29 is 74.8 Å². The summed E-state index contributed by atoms with van der Waals surface area (Å²) in [6.07, 6.45) is 2.38. The number of nitrogens with zero attached hydrogens (tertiary/aromatic N) is 1. The Kier molecular flexibility index (Phi) is 28.1. The number of anilines is 1. The fourth-order valence-electron chi connectivity index (χ4n) is 7.82. The number of carbonyl (C=O) groups is 5. The molecule has 1 unspecified atom stereocenters. The van der Waals surface area contributed by atoms with Crippen LogP contribution < -0.4 is 31.5 Å². The van der Waals surface area contributed by atoms with E-state index in [4.69, 9.17) is 37.9 Å². The third-order valence-electron chi connectivity index (χ3n) is 11.7. The van der Waals surface area contributed by atoms with E-state index in [1.54, 1.807) is 16.7 Å². The maximum Gasteiger partial charge on any atom is 0.315 e. The molecule has 6 N–H and O–H groups in total. The number of amides is 6. The van der Waals surface area contributed by atoms with Gasteiger partial charge >= 0.3 is 6.03 Å². The number of fused-ring (bicyclic) bond motifs is 3. The van der Waals surface area contributed by atoms with Crippen molar-refractivity contribution in [2.75, 3.05) is 136 Å². The van der Waals surface area contributed by atoms with Crippen LogP contribution in [-0.2, 0) is 73.7 Å². The highest BCUT2D eigenvalue weighted by atomic mass is 32.2. The van der Waals surface area contributed by atoms with Crippen molar-refractivity contribution in [1.82, 2.24) is 26.6 Å². The minimum Gasteiger partial charge on any atom is -0.377 e. The molecule has 2 aromatic carbocycles. The molecule has 3 aliphatic rings. The maximum absolute atomic E-state index is 13.3. The molecule has 6 amide bonds. The van der Waals surface area contributed by atoms with E-state index in [1.165, 1.54) is 0 Å². The SMILES string of the molecule is O=C(CCC(=O)N1Cc2ccccc2C#Cc2ccccc21)NCCOCCOCCOCCOCCOCCOCCOCCOCCNC(=O)C(CNC(=O)CCCC[C@@H]1SC[C@@H]2NC(=O)N[C@@H]21)S(=O)(=O)O. The van der Waals surface area contributed by atoms with Gasteiger partial charge in [0.15, 0.2) is 5.25 Å². The molecule has 5 rings (SSSR count). The molecule has 3 aliphatic heterocycles. The van der Waals surface area contributed by atoms with E-state index < -0.39 is 33.7 Å². The van der Waals surface area contributed by atoms with Gasteiger partial charge in [0.25, 0.3) is 10.1 Å². The Morgan fingerprint density at radius 1 is 0.649 bits per heavy atom. The summed E-state index contributed by atoms with van der Waals surface area (Å²) in [4.78, 5) is 63.8. The lowest BCUT2D eigenvalue weighted by atomic mass is 10.0. The van der Waals surface area contributed by atoms with Gasteiger partial charge in [-0.25, -0.2) is 4.79 Å². The topological polar surface area (TPSA) is 277 Å². The molecule has 0 radical (unpaired) electrons. The first-order chi connectivity index (χ1) is 36.0. The van der Waals surface area contributed by atoms with Gasteiger partial charge in [-0.15, -0.1) is 0 Å². The van der Waals surface area contributed by atoms with Crippen LogP contribution in [0.15, 0.2) is 48.5 Å². The summed E-state index contributed by atoms with van der Waals surface area (Å²) in [5, 5.41) is 11.8. The van der Waals surface area contributed by atoms with Gasteiger partial charge in [0.1, 0.15) is 0 Å². The van der Waals surface area contributed by atoms with Gasteiger partial charge in [-0.3, -0.25) is 23.7 Å². The molecule has 3 heterocycles. The minimum absolute atomic E-state index is 0.0159. The molecule has 0 aromatic heterocycles. The number of para-hydroxylation sites is 1. The first-order valence-corrected chi connectivity index (χ1v) is 27.6. The predicted octanol–water partition coefficient (Wildman–Crippen LogP) is 1.18. The van der Waals surface area contributed by atoms with Crippen LogP contribution in [-0.4, -0.2) is 196 Å². The summed E-state index contributed by atoms with van der Waals surface area (Å²) in [6.45, 7) is 5.66. The number of hydrogen-bond acceptors (Lipinski definition) is 16. The largest absolute Gasteiger partial charge is 0.377 e. The van der Waals surface area contributed by atoms with E-state index >= 15 is 0 Å². The van der Waals surface area contributed by atoms with E-state index in [1.807, 2.05) is 48.5 Å². The molecular formula is C50H72N6O16S2. The molecule has 2 fully saturated rings. The zero-order valence-corrected chi connectivity index (χ0v) is 43.5. The molecule has 22 nitrogen and oxygen atoms in total. The summed E-state index contributed by atoms with van der Waals surface area (Å²) in [5.41, 5.74) is 3.35. The number of unbranched alkanes of at least 4 members (excludes halogenated alkanes) is 1. The molecule has 2 aromatic rings. The van der Waals surface area contributed by atoms with Crippen LogP contribution in [0.3, 0.4) is 0 Å². The van der Waals surface area contributed by atoms with Gasteiger partial charge < -0.3 is 69.4 Å². The third kappa shape index (κ3) is 22.9. The van der Waals surface area contributed by atoms with Crippen LogP contribution in [0.4, 0.5) is 10.5 Å². The van der Waals surface area contributed by atoms with Gasteiger partial charge in [0, 0.05) is 61.0 Å². The number of thioether (sulfide) groups is 1. The van der Waals surface area contributed by atoms with Crippen molar-refractivity contribution in [1.29, 1.82) is 0 Å². The Morgan fingerprint density at radius 3 is 1.76 bits per heavy atom. The average Bonchev–Trinajstić information content (AvgIpc) is 3.94. The lowest BCUT2D eigenvalue weighted by molar-refractivity contribution is -0.125. The average molecular weight is 1080 g/mol. The smallest absolute Gasteiger partial charge is 0.315 e. The molecule has 0 spiro atoms. The van der Waals surface area contributed by atoms with Crippen LogP contribution in [0.5, 0.6) is 0 Å². The zero-order valence-electron chi connectivity index (χ0n) is 41.9. The highest BCUT2D eigenvalue weighted by Crippen LogP contribution is 2.33. The zero-order chi connectivity index (χ0) is 52.6. The Labute approximate surface area is 437 Å². The van der Waals surface area contributed by atoms with Crippen molar-refractivity contribution in [3.63, 3.8) is 0 Å². The van der Waals surface area contributed by atoms with E-state index in [2.05, 4.69) is 38.4 Å². The second kappa shape index (κ2) is 34.6. The maximum atomic E-state index is 13.3. The molecule has 0 aliphatic carbocycles. The Morgan fingerprint density at radius 2 is 1.16 bits per heavy atom. The van der Waals surface area contributed by atoms with E-state index in [9.17, 15) is 36.9 Å². The standard InChI is InChI=1S/C50H72N6O16S2/c57-45(12-6-5-11-43-48-41(37-73-43)54-50(61)55-48)53-35-44(74(62,63)64)49(60)52-18-20-66-22-24-68-26-28-70-30-32-72-34-33-71-31-29-69-27-25-67-23-21-65-19-17-51-46(58)15-16-47(59)56-36-40-9-2-1-7-38(40)13-14-39-8-3-4-10-42(39)56/h1-4,7-10,41,43-44,48H,5-6,11-12,15-37H2,(H,51,58)(H,52,60)(H,53,57)(H2,54,55,61)(H,62,63,64)/t41-,43-,44?,48-/m0/s1. The lowest BCUT2D eigenvalue weighted by Crippen LogP contribution is -2.47. The highest BCUT2D eigenvalue weighted by Gasteiger charge is 2.42. The summed E-state index contributed by atoms with van der Waals surface area (Å²) < 4.78 is 77.2. The fourth-order valence-corrected chi connectivity index (χ4v) is 10.0. The predicted molar refractivity (Wildman–Crippen MR) is 274 cm³/mol. The highest BCUT2D eigenvalue weighted by molar-refractivity contribution is 8.00. The van der Waals surface area contributed by atoms with Crippen molar-refractivity contribution in [3.05, 3.63) is 65.2 Å². The second-order valence-electron chi connectivity index (χ2n) is 17.1. The number of rotatable bonds is 39. The normalized spacial score (nSPS) is 17.1. The van der Waals surface area contributed by atoms with Crippen molar-refractivity contribution in [2.45, 2.75) is 67.7 Å². The van der Waals surface area contributed by atoms with Crippen molar-refractivity contribution in [2.24, 2.45) is 0 Å². The van der Waals surface area contributed by atoms with Crippen LogP contribution in [0.1, 0.15) is 55.2 Å². The van der Waals surface area contributed by atoms with Crippen molar-refractivity contribution in [3.8, 4) is 11.8 Å². The molecule has 0 saturated carbocycles. The molecule has 2 saturated heterocycles. The van der Waals surface area contributed by atoms with E-state index in [0.29, 0.717) is 105 Å². The van der Waals surface area contributed by atoms with Gasteiger partial charge in [0.2, 0.25) is 23.6 Å². The Bertz CT molecular complexity index is 2230. The molecule has 0 bridgehead atoms. The second-order valence-corrected chi connectivity index (χ2v) is 20.0. The molecule has 4 atom stereocenters. The molecule has 410 valence electrons. The summed E-state index contributed by atoms with van der Waals surface area (Å²) in [6, 6.07) is 15.4. The minimum atomic E-state index is -4.78. The number of ether oxygens (including phenoxy) is 8. The number of urea groups is 1. The number of nitrogens with one attached hydrogen (secondary N) is 5. The monoisotopic (exact) mass is 1080 g/mol. The Balaban J connectivity index is 0.719. The fraction of sp³-hybridized carbons (Fsp3) is 0.620. The lowest BCUT2D eigenvalue weighted by Gasteiger charge is -2.26. The van der Waals surface area contributed by atoms with E-state index in [-0.39, 0.29) is 80.8 Å². The number of carbonyl (C=O) groups excluding carboxylic acids is 5. The first-order valence-electron chi connectivity index (χ1n) is 25.1. The van der Waals surface area contributed by atoms with Gasteiger partial charge in [-0.2, -0.15) is 20.2 Å². The summed E-state index contributed by atoms with van der Waals surface area (Å²) >= 11 is 1.78. The van der Waals surface area contributed by atoms with E-state index in [0.717, 1.165) is 41.0 Å². The van der Waals surface area contributed by atoms with Crippen LogP contribution in [0.2, 0.25) is 0 Å². The molecular weight excluding hydrogens is 1000 g/mol. The van der Waals surface area contributed by atoms with Crippen LogP contribution >= 0.6 is 11.8 Å². The quantitative estimate of drug-likeness (QED) is 0.0237. The van der Waals surface area contributed by atoms with Gasteiger partial charge in [-0.05, 0) is 36.6 Å².